The number of aliphatic hydroxyl groups excluding tert-OH is 1. The highest BCUT2D eigenvalue weighted by molar-refractivity contribution is 5.16. The second-order valence-electron chi connectivity index (χ2n) is 5.14. The topological polar surface area (TPSA) is 106 Å². The molecule has 2 aliphatic heterocycles. The Bertz CT molecular complexity index is 551. The van der Waals surface area contributed by atoms with Gasteiger partial charge in [-0.15, -0.1) is 0 Å². The first-order chi connectivity index (χ1) is 10.7. The lowest BCUT2D eigenvalue weighted by atomic mass is 9.96. The quantitative estimate of drug-likeness (QED) is 0.517. The van der Waals surface area contributed by atoms with Crippen molar-refractivity contribution in [1.29, 1.82) is 0 Å². The van der Waals surface area contributed by atoms with Gasteiger partial charge in [-0.1, -0.05) is 35.4 Å². The maximum Gasteiger partial charge on any atom is 0.184 e. The molecule has 0 bridgehead atoms. The second kappa shape index (κ2) is 6.62. The minimum atomic E-state index is -1.10. The normalized spacial score (nSPS) is 37.9. The lowest BCUT2D eigenvalue weighted by Crippen LogP contribution is -2.61. The molecule has 1 aromatic rings. The van der Waals surface area contributed by atoms with Gasteiger partial charge in [-0.25, -0.2) is 0 Å². The molecule has 0 amide bonds. The van der Waals surface area contributed by atoms with Crippen LogP contribution in [0.15, 0.2) is 35.4 Å². The zero-order valence-electron chi connectivity index (χ0n) is 12.0. The fraction of sp³-hybridized carbons (Fsp3) is 0.571. The van der Waals surface area contributed by atoms with E-state index in [-0.39, 0.29) is 6.61 Å². The van der Waals surface area contributed by atoms with Crippen LogP contribution in [0.2, 0.25) is 0 Å². The third-order valence-electron chi connectivity index (χ3n) is 3.82. The van der Waals surface area contributed by atoms with Crippen molar-refractivity contribution in [3.05, 3.63) is 46.3 Å². The summed E-state index contributed by atoms with van der Waals surface area (Å²) in [7, 11) is 1.42. The van der Waals surface area contributed by atoms with Gasteiger partial charge in [-0.3, -0.25) is 0 Å². The predicted octanol–water partition coefficient (Wildman–Crippen LogP) is 1.51. The van der Waals surface area contributed by atoms with Crippen LogP contribution in [0.1, 0.15) is 11.9 Å². The van der Waals surface area contributed by atoms with E-state index in [1.165, 1.54) is 7.11 Å². The molecule has 8 heteroatoms. The number of methoxy groups -OCH3 is 1. The van der Waals surface area contributed by atoms with Crippen LogP contribution in [0.25, 0.3) is 10.4 Å². The molecule has 0 saturated carbocycles. The van der Waals surface area contributed by atoms with Crippen LogP contribution in [0.5, 0.6) is 0 Å². The molecule has 8 nitrogen and oxygen atoms in total. The van der Waals surface area contributed by atoms with Gasteiger partial charge >= 0.3 is 0 Å². The molecule has 3 rings (SSSR count). The molecule has 1 aromatic carbocycles. The molecule has 0 aromatic heterocycles. The van der Waals surface area contributed by atoms with Gasteiger partial charge in [0.05, 0.1) is 12.6 Å². The Hall–Kier alpha value is -1.67. The lowest BCUT2D eigenvalue weighted by molar-refractivity contribution is -0.337. The molecule has 118 valence electrons. The molecule has 6 atom stereocenters. The number of rotatable bonds is 3. The Labute approximate surface area is 127 Å². The molecule has 2 aliphatic rings. The monoisotopic (exact) mass is 307 g/mol. The van der Waals surface area contributed by atoms with E-state index >= 15 is 0 Å². The number of benzene rings is 1. The zero-order chi connectivity index (χ0) is 15.5. The first-order valence-electron chi connectivity index (χ1n) is 6.97. The van der Waals surface area contributed by atoms with Crippen LogP contribution < -0.4 is 0 Å². The average molecular weight is 307 g/mol. The van der Waals surface area contributed by atoms with Crippen molar-refractivity contribution < 1.29 is 24.1 Å². The Balaban J connectivity index is 1.82. The SMILES string of the molecule is CO[C@@H]1O[C@@H]2CO[C@@H](c3ccccc3)O[C@H]2[C@@H](N=[N+]=[N-])[C@@H]1O. The molecule has 0 spiro atoms. The number of hydrogen-bond donors (Lipinski definition) is 1. The minimum absolute atomic E-state index is 0.258. The van der Waals surface area contributed by atoms with Crippen molar-refractivity contribution in [2.75, 3.05) is 13.7 Å². The molecule has 0 unspecified atom stereocenters. The standard InChI is InChI=1S/C14H17N3O5/c1-19-14-11(18)10(16-17-15)12-9(21-14)7-20-13(22-12)8-5-3-2-4-6-8/h2-6,9-14,18H,7H2,1H3/t9-,10+,11+,12-,13-,14-/m1/s1. The second-order valence-corrected chi connectivity index (χ2v) is 5.14. The van der Waals surface area contributed by atoms with Crippen LogP contribution in [0.3, 0.4) is 0 Å². The fourth-order valence-electron chi connectivity index (χ4n) is 2.75. The zero-order valence-corrected chi connectivity index (χ0v) is 12.0. The maximum atomic E-state index is 10.2. The summed E-state index contributed by atoms with van der Waals surface area (Å²) >= 11 is 0. The van der Waals surface area contributed by atoms with Gasteiger partial charge in [0.2, 0.25) is 0 Å². The van der Waals surface area contributed by atoms with E-state index in [4.69, 9.17) is 24.5 Å². The van der Waals surface area contributed by atoms with Gasteiger partial charge in [0.1, 0.15) is 18.3 Å². The summed E-state index contributed by atoms with van der Waals surface area (Å²) in [6.07, 6.45) is -3.64. The third-order valence-corrected chi connectivity index (χ3v) is 3.82. The minimum Gasteiger partial charge on any atom is -0.387 e. The van der Waals surface area contributed by atoms with Crippen molar-refractivity contribution in [3.8, 4) is 0 Å². The van der Waals surface area contributed by atoms with E-state index in [0.717, 1.165) is 5.56 Å². The van der Waals surface area contributed by atoms with Crippen molar-refractivity contribution >= 4 is 0 Å². The lowest BCUT2D eigenvalue weighted by Gasteiger charge is -2.46. The van der Waals surface area contributed by atoms with E-state index in [1.807, 2.05) is 30.3 Å². The van der Waals surface area contributed by atoms with Gasteiger partial charge < -0.3 is 24.1 Å². The Morgan fingerprint density at radius 1 is 1.32 bits per heavy atom. The molecule has 2 heterocycles. The van der Waals surface area contributed by atoms with E-state index < -0.39 is 36.9 Å². The average Bonchev–Trinajstić information content (AvgIpc) is 2.57. The van der Waals surface area contributed by atoms with Crippen molar-refractivity contribution in [2.45, 2.75) is 36.9 Å². The summed E-state index contributed by atoms with van der Waals surface area (Å²) in [6, 6.07) is 8.62. The Morgan fingerprint density at radius 2 is 2.09 bits per heavy atom. The van der Waals surface area contributed by atoms with E-state index in [2.05, 4.69) is 10.0 Å². The highest BCUT2D eigenvalue weighted by Crippen LogP contribution is 2.35. The molecule has 0 aliphatic carbocycles. The molecule has 2 saturated heterocycles. The summed E-state index contributed by atoms with van der Waals surface area (Å²) in [5, 5.41) is 13.9. The van der Waals surface area contributed by atoms with Crippen LogP contribution >= 0.6 is 0 Å². The van der Waals surface area contributed by atoms with Gasteiger partial charge in [0.25, 0.3) is 0 Å². The highest BCUT2D eigenvalue weighted by atomic mass is 16.7. The highest BCUT2D eigenvalue weighted by Gasteiger charge is 2.49. The molecular formula is C14H17N3O5. The summed E-state index contributed by atoms with van der Waals surface area (Å²) in [6.45, 7) is 0.258. The number of azide groups is 1. The number of ether oxygens (including phenoxy) is 4. The van der Waals surface area contributed by atoms with Crippen molar-refractivity contribution in [2.24, 2.45) is 5.11 Å². The van der Waals surface area contributed by atoms with E-state index in [1.54, 1.807) is 0 Å². The number of nitrogens with zero attached hydrogens (tertiary/aromatic N) is 3. The molecule has 22 heavy (non-hydrogen) atoms. The fourth-order valence-corrected chi connectivity index (χ4v) is 2.75. The van der Waals surface area contributed by atoms with Crippen molar-refractivity contribution in [1.82, 2.24) is 0 Å². The smallest absolute Gasteiger partial charge is 0.184 e. The van der Waals surface area contributed by atoms with Gasteiger partial charge in [-0.2, -0.15) is 0 Å². The van der Waals surface area contributed by atoms with Crippen molar-refractivity contribution in [3.63, 3.8) is 0 Å². The summed E-state index contributed by atoms with van der Waals surface area (Å²) in [4.78, 5) is 2.80. The summed E-state index contributed by atoms with van der Waals surface area (Å²) in [5.41, 5.74) is 9.60. The van der Waals surface area contributed by atoms with Crippen LogP contribution in [-0.4, -0.2) is 49.5 Å². The summed E-state index contributed by atoms with van der Waals surface area (Å²) in [5.74, 6) is 0. The summed E-state index contributed by atoms with van der Waals surface area (Å²) < 4.78 is 22.2. The third kappa shape index (κ3) is 2.80. The number of fused-ring (bicyclic) bond motifs is 1. The van der Waals surface area contributed by atoms with E-state index in [9.17, 15) is 5.11 Å². The van der Waals surface area contributed by atoms with Gasteiger partial charge in [0.15, 0.2) is 12.6 Å². The molecule has 1 N–H and O–H groups in total. The van der Waals surface area contributed by atoms with E-state index in [0.29, 0.717) is 0 Å². The van der Waals surface area contributed by atoms with Crippen LogP contribution in [-0.2, 0) is 18.9 Å². The van der Waals surface area contributed by atoms with Crippen LogP contribution in [0, 0.1) is 0 Å². The number of hydrogen-bond acceptors (Lipinski definition) is 6. The first-order valence-corrected chi connectivity index (χ1v) is 6.97. The maximum absolute atomic E-state index is 10.2. The first kappa shape index (κ1) is 15.2. The Morgan fingerprint density at radius 3 is 2.77 bits per heavy atom. The Kier molecular flexibility index (Phi) is 4.58. The number of aliphatic hydroxyl groups is 1. The van der Waals surface area contributed by atoms with Gasteiger partial charge in [-0.05, 0) is 5.53 Å². The predicted molar refractivity (Wildman–Crippen MR) is 74.6 cm³/mol. The molecule has 2 fully saturated rings. The largest absolute Gasteiger partial charge is 0.387 e. The molecule has 0 radical (unpaired) electrons. The van der Waals surface area contributed by atoms with Gasteiger partial charge in [0, 0.05) is 17.6 Å². The molecular weight excluding hydrogens is 290 g/mol. The van der Waals surface area contributed by atoms with Crippen LogP contribution in [0.4, 0.5) is 0 Å².